The van der Waals surface area contributed by atoms with Gasteiger partial charge in [0.05, 0.1) is 6.42 Å². The highest BCUT2D eigenvalue weighted by Crippen LogP contribution is 2.27. The van der Waals surface area contributed by atoms with Gasteiger partial charge in [-0.05, 0) is 25.0 Å². The molecule has 1 aromatic rings. The third kappa shape index (κ3) is 3.49. The van der Waals surface area contributed by atoms with Crippen molar-refractivity contribution in [1.82, 2.24) is 0 Å². The summed E-state index contributed by atoms with van der Waals surface area (Å²) in [6.07, 6.45) is 6.44. The van der Waals surface area contributed by atoms with Crippen LogP contribution in [-0.2, 0) is 4.79 Å². The summed E-state index contributed by atoms with van der Waals surface area (Å²) in [6, 6.07) is 10.7. The number of carbonyl (C=O) groups is 1. The van der Waals surface area contributed by atoms with E-state index in [0.29, 0.717) is 12.6 Å². The summed E-state index contributed by atoms with van der Waals surface area (Å²) in [5.74, 6) is -0.716. The minimum absolute atomic E-state index is 0.214. The lowest BCUT2D eigenvalue weighted by Gasteiger charge is -2.36. The minimum atomic E-state index is -0.716. The molecule has 3 nitrogen and oxygen atoms in total. The van der Waals surface area contributed by atoms with Crippen molar-refractivity contribution in [3.63, 3.8) is 0 Å². The summed E-state index contributed by atoms with van der Waals surface area (Å²) >= 11 is 0. The molecule has 0 amide bonds. The molecule has 0 heterocycles. The maximum atomic E-state index is 10.8. The smallest absolute Gasteiger partial charge is 0.305 e. The number of carboxylic acids is 1. The Morgan fingerprint density at radius 3 is 2.44 bits per heavy atom. The van der Waals surface area contributed by atoms with E-state index in [-0.39, 0.29) is 6.42 Å². The molecule has 1 saturated carbocycles. The fraction of sp³-hybridized carbons (Fsp3) is 0.533. The Hall–Kier alpha value is -1.51. The average molecular weight is 247 g/mol. The van der Waals surface area contributed by atoms with Crippen LogP contribution in [0.15, 0.2) is 30.3 Å². The van der Waals surface area contributed by atoms with Crippen LogP contribution in [0.2, 0.25) is 0 Å². The number of aliphatic carboxylic acids is 1. The van der Waals surface area contributed by atoms with Crippen molar-refractivity contribution >= 4 is 11.7 Å². The summed E-state index contributed by atoms with van der Waals surface area (Å²) in [5.41, 5.74) is 1.16. The first-order valence-corrected chi connectivity index (χ1v) is 6.81. The summed E-state index contributed by atoms with van der Waals surface area (Å²) in [4.78, 5) is 13.1. The summed E-state index contributed by atoms with van der Waals surface area (Å²) in [5, 5.41) is 8.88. The third-order valence-corrected chi connectivity index (χ3v) is 3.67. The van der Waals surface area contributed by atoms with E-state index in [1.807, 2.05) is 18.2 Å². The van der Waals surface area contributed by atoms with Crippen molar-refractivity contribution in [2.45, 2.75) is 44.6 Å². The number of hydrogen-bond donors (Lipinski definition) is 1. The summed E-state index contributed by atoms with van der Waals surface area (Å²) in [6.45, 7) is 0.615. The number of anilines is 1. The van der Waals surface area contributed by atoms with Crippen LogP contribution in [-0.4, -0.2) is 23.7 Å². The van der Waals surface area contributed by atoms with E-state index in [2.05, 4.69) is 17.0 Å². The second kappa shape index (κ2) is 6.43. The Labute approximate surface area is 108 Å². The molecule has 98 valence electrons. The van der Waals surface area contributed by atoms with Crippen molar-refractivity contribution in [2.24, 2.45) is 0 Å². The van der Waals surface area contributed by atoms with Gasteiger partial charge in [-0.2, -0.15) is 0 Å². The quantitative estimate of drug-likeness (QED) is 0.868. The van der Waals surface area contributed by atoms with E-state index in [1.54, 1.807) is 0 Å². The molecular formula is C15H21NO2. The number of para-hydroxylation sites is 1. The zero-order valence-electron chi connectivity index (χ0n) is 10.7. The van der Waals surface area contributed by atoms with Gasteiger partial charge in [-0.15, -0.1) is 0 Å². The molecule has 0 aromatic heterocycles. The molecule has 18 heavy (non-hydrogen) atoms. The first kappa shape index (κ1) is 12.9. The van der Waals surface area contributed by atoms with E-state index < -0.39 is 5.97 Å². The van der Waals surface area contributed by atoms with Gasteiger partial charge in [-0.3, -0.25) is 4.79 Å². The Morgan fingerprint density at radius 1 is 1.17 bits per heavy atom. The Morgan fingerprint density at radius 2 is 1.83 bits per heavy atom. The fourth-order valence-electron chi connectivity index (χ4n) is 2.75. The maximum Gasteiger partial charge on any atom is 0.305 e. The second-order valence-corrected chi connectivity index (χ2v) is 4.96. The number of carboxylic acid groups (broad SMARTS) is 1. The van der Waals surface area contributed by atoms with Crippen molar-refractivity contribution in [3.8, 4) is 0 Å². The van der Waals surface area contributed by atoms with Gasteiger partial charge in [0.25, 0.3) is 0 Å². The first-order chi connectivity index (χ1) is 8.77. The molecule has 0 radical (unpaired) electrons. The normalized spacial score (nSPS) is 16.4. The number of benzene rings is 1. The minimum Gasteiger partial charge on any atom is -0.481 e. The zero-order valence-corrected chi connectivity index (χ0v) is 10.7. The van der Waals surface area contributed by atoms with Crippen LogP contribution in [0.4, 0.5) is 5.69 Å². The predicted molar refractivity (Wildman–Crippen MR) is 72.9 cm³/mol. The molecule has 0 aliphatic heterocycles. The highest BCUT2D eigenvalue weighted by molar-refractivity contribution is 5.67. The highest BCUT2D eigenvalue weighted by atomic mass is 16.4. The molecule has 1 N–H and O–H groups in total. The van der Waals surface area contributed by atoms with Crippen molar-refractivity contribution in [3.05, 3.63) is 30.3 Å². The molecule has 1 aliphatic carbocycles. The molecular weight excluding hydrogens is 226 g/mol. The summed E-state index contributed by atoms with van der Waals surface area (Å²) < 4.78 is 0. The maximum absolute atomic E-state index is 10.8. The van der Waals surface area contributed by atoms with Crippen LogP contribution >= 0.6 is 0 Å². The lowest BCUT2D eigenvalue weighted by molar-refractivity contribution is -0.136. The number of hydrogen-bond acceptors (Lipinski definition) is 2. The van der Waals surface area contributed by atoms with Gasteiger partial charge in [0.2, 0.25) is 0 Å². The molecule has 0 spiro atoms. The SMILES string of the molecule is O=C(O)CCN(c1ccccc1)C1CCCCC1. The van der Waals surface area contributed by atoms with Crippen LogP contribution in [0.5, 0.6) is 0 Å². The van der Waals surface area contributed by atoms with E-state index in [0.717, 1.165) is 5.69 Å². The van der Waals surface area contributed by atoms with Gasteiger partial charge in [0, 0.05) is 18.3 Å². The van der Waals surface area contributed by atoms with E-state index in [4.69, 9.17) is 5.11 Å². The second-order valence-electron chi connectivity index (χ2n) is 4.96. The van der Waals surface area contributed by atoms with E-state index in [9.17, 15) is 4.79 Å². The van der Waals surface area contributed by atoms with Gasteiger partial charge in [0.1, 0.15) is 0 Å². The number of rotatable bonds is 5. The van der Waals surface area contributed by atoms with Gasteiger partial charge >= 0.3 is 5.97 Å². The van der Waals surface area contributed by atoms with Gasteiger partial charge < -0.3 is 10.0 Å². The zero-order chi connectivity index (χ0) is 12.8. The van der Waals surface area contributed by atoms with Gasteiger partial charge in [-0.25, -0.2) is 0 Å². The molecule has 1 aromatic carbocycles. The van der Waals surface area contributed by atoms with Crippen LogP contribution in [0.3, 0.4) is 0 Å². The Balaban J connectivity index is 2.08. The highest BCUT2D eigenvalue weighted by Gasteiger charge is 2.21. The molecule has 3 heteroatoms. The largest absolute Gasteiger partial charge is 0.481 e. The molecule has 0 atom stereocenters. The summed E-state index contributed by atoms with van der Waals surface area (Å²) in [7, 11) is 0. The van der Waals surface area contributed by atoms with Gasteiger partial charge in [0.15, 0.2) is 0 Å². The van der Waals surface area contributed by atoms with Crippen molar-refractivity contribution < 1.29 is 9.90 Å². The van der Waals surface area contributed by atoms with Crippen LogP contribution in [0, 0.1) is 0 Å². The van der Waals surface area contributed by atoms with Gasteiger partial charge in [-0.1, -0.05) is 37.5 Å². The number of nitrogens with zero attached hydrogens (tertiary/aromatic N) is 1. The van der Waals surface area contributed by atoms with E-state index in [1.165, 1.54) is 32.1 Å². The van der Waals surface area contributed by atoms with Crippen LogP contribution in [0.1, 0.15) is 38.5 Å². The molecule has 0 unspecified atom stereocenters. The lowest BCUT2D eigenvalue weighted by atomic mass is 9.93. The monoisotopic (exact) mass is 247 g/mol. The Kier molecular flexibility index (Phi) is 4.62. The standard InChI is InChI=1S/C15H21NO2/c17-15(18)11-12-16(13-7-3-1-4-8-13)14-9-5-2-6-10-14/h1,3-4,7-8,14H,2,5-6,9-12H2,(H,17,18). The molecule has 2 rings (SSSR count). The van der Waals surface area contributed by atoms with Crippen molar-refractivity contribution in [2.75, 3.05) is 11.4 Å². The molecule has 1 aliphatic rings. The Bertz CT molecular complexity index is 371. The molecule has 0 saturated heterocycles. The first-order valence-electron chi connectivity index (χ1n) is 6.81. The predicted octanol–water partition coefficient (Wildman–Crippen LogP) is 3.30. The average Bonchev–Trinajstić information content (AvgIpc) is 2.41. The third-order valence-electron chi connectivity index (χ3n) is 3.67. The van der Waals surface area contributed by atoms with Crippen molar-refractivity contribution in [1.29, 1.82) is 0 Å². The van der Waals surface area contributed by atoms with E-state index >= 15 is 0 Å². The van der Waals surface area contributed by atoms with Crippen LogP contribution in [0.25, 0.3) is 0 Å². The topological polar surface area (TPSA) is 40.5 Å². The van der Waals surface area contributed by atoms with Crippen LogP contribution < -0.4 is 4.90 Å². The molecule has 1 fully saturated rings. The molecule has 0 bridgehead atoms. The lowest BCUT2D eigenvalue weighted by Crippen LogP contribution is -2.38. The fourth-order valence-corrected chi connectivity index (χ4v) is 2.75.